The molecule has 0 amide bonds. The van der Waals surface area contributed by atoms with Crippen LogP contribution in [-0.4, -0.2) is 50.3 Å². The number of nitrogens with one attached hydrogen (secondary N) is 3. The van der Waals surface area contributed by atoms with Crippen molar-refractivity contribution < 1.29 is 15.0 Å². The van der Waals surface area contributed by atoms with Crippen molar-refractivity contribution in [2.75, 3.05) is 29.1 Å². The number of anilines is 3. The van der Waals surface area contributed by atoms with Crippen LogP contribution in [0.3, 0.4) is 0 Å². The van der Waals surface area contributed by atoms with Gasteiger partial charge in [0.05, 0.1) is 12.2 Å². The zero-order valence-corrected chi connectivity index (χ0v) is 14.2. The predicted octanol–water partition coefficient (Wildman–Crippen LogP) is 1.41. The molecule has 0 aliphatic rings. The lowest BCUT2D eigenvalue weighted by Gasteiger charge is -2.12. The molecule has 134 valence electrons. The topological polar surface area (TPSA) is 132 Å². The average Bonchev–Trinajstić information content (AvgIpc) is 2.58. The monoisotopic (exact) mass is 346 g/mol. The first kappa shape index (κ1) is 18.4. The number of aliphatic hydroxyl groups is 1. The fourth-order valence-corrected chi connectivity index (χ4v) is 1.97. The average molecular weight is 346 g/mol. The number of benzene rings is 1. The summed E-state index contributed by atoms with van der Waals surface area (Å²) in [6.07, 6.45) is 0. The molecule has 1 aromatic heterocycles. The summed E-state index contributed by atoms with van der Waals surface area (Å²) in [6, 6.07) is 6.72. The van der Waals surface area contributed by atoms with E-state index in [2.05, 4.69) is 30.9 Å². The Kier molecular flexibility index (Phi) is 6.47. The molecular formula is C16H22N6O3. The normalized spacial score (nSPS) is 10.6. The highest BCUT2D eigenvalue weighted by atomic mass is 16.4. The maximum atomic E-state index is 10.9. The summed E-state index contributed by atoms with van der Waals surface area (Å²) in [7, 11) is 0. The van der Waals surface area contributed by atoms with E-state index in [0.717, 1.165) is 5.56 Å². The molecule has 0 saturated carbocycles. The molecule has 0 aliphatic heterocycles. The van der Waals surface area contributed by atoms with Crippen molar-refractivity contribution in [3.05, 3.63) is 35.4 Å². The Balaban J connectivity index is 2.09. The van der Waals surface area contributed by atoms with E-state index in [9.17, 15) is 4.79 Å². The largest absolute Gasteiger partial charge is 0.478 e. The van der Waals surface area contributed by atoms with Gasteiger partial charge in [-0.25, -0.2) is 4.79 Å². The number of carboxylic acid groups (broad SMARTS) is 1. The lowest BCUT2D eigenvalue weighted by Crippen LogP contribution is -2.17. The molecule has 0 spiro atoms. The molecule has 0 saturated heterocycles. The summed E-state index contributed by atoms with van der Waals surface area (Å²) in [6.45, 7) is 4.69. The first-order valence-electron chi connectivity index (χ1n) is 7.91. The van der Waals surface area contributed by atoms with E-state index in [4.69, 9.17) is 10.2 Å². The van der Waals surface area contributed by atoms with Gasteiger partial charge >= 0.3 is 5.97 Å². The van der Waals surface area contributed by atoms with Crippen LogP contribution in [0.5, 0.6) is 0 Å². The van der Waals surface area contributed by atoms with Gasteiger partial charge in [-0.1, -0.05) is 12.1 Å². The minimum atomic E-state index is -0.957. The van der Waals surface area contributed by atoms with Gasteiger partial charge in [0.1, 0.15) is 0 Å². The number of aromatic nitrogens is 3. The molecule has 2 aromatic rings. The van der Waals surface area contributed by atoms with Gasteiger partial charge in [-0.05, 0) is 31.5 Å². The Bertz CT molecular complexity index is 706. The van der Waals surface area contributed by atoms with E-state index in [-0.39, 0.29) is 18.2 Å². The molecule has 0 aliphatic carbocycles. The molecule has 1 heterocycles. The van der Waals surface area contributed by atoms with E-state index in [1.54, 1.807) is 24.3 Å². The van der Waals surface area contributed by atoms with Crippen LogP contribution in [0.4, 0.5) is 17.8 Å². The minimum Gasteiger partial charge on any atom is -0.478 e. The number of carboxylic acids is 1. The van der Waals surface area contributed by atoms with Gasteiger partial charge in [0.15, 0.2) is 0 Å². The summed E-state index contributed by atoms with van der Waals surface area (Å²) < 4.78 is 0. The summed E-state index contributed by atoms with van der Waals surface area (Å²) in [5.41, 5.74) is 1.14. The number of aromatic carboxylic acids is 1. The third-order valence-electron chi connectivity index (χ3n) is 3.10. The summed E-state index contributed by atoms with van der Waals surface area (Å²) in [5.74, 6) is 0.201. The van der Waals surface area contributed by atoms with Crippen LogP contribution >= 0.6 is 0 Å². The first-order valence-corrected chi connectivity index (χ1v) is 7.91. The highest BCUT2D eigenvalue weighted by Gasteiger charge is 2.08. The Morgan fingerprint density at radius 2 is 1.64 bits per heavy atom. The van der Waals surface area contributed by atoms with E-state index in [0.29, 0.717) is 30.9 Å². The lowest BCUT2D eigenvalue weighted by molar-refractivity contribution is 0.0697. The van der Waals surface area contributed by atoms with Crippen LogP contribution in [-0.2, 0) is 6.54 Å². The van der Waals surface area contributed by atoms with Gasteiger partial charge in [0.25, 0.3) is 0 Å². The van der Waals surface area contributed by atoms with Crippen molar-refractivity contribution in [2.45, 2.75) is 26.4 Å². The fraction of sp³-hybridized carbons (Fsp3) is 0.375. The van der Waals surface area contributed by atoms with Crippen molar-refractivity contribution in [2.24, 2.45) is 0 Å². The summed E-state index contributed by atoms with van der Waals surface area (Å²) in [4.78, 5) is 23.7. The Morgan fingerprint density at radius 1 is 1.04 bits per heavy atom. The SMILES string of the molecule is CC(C)Nc1nc(NCCO)nc(NCc2ccc(C(=O)O)cc2)n1. The highest BCUT2D eigenvalue weighted by Crippen LogP contribution is 2.12. The minimum absolute atomic E-state index is 0.0304. The van der Waals surface area contributed by atoms with E-state index < -0.39 is 5.97 Å². The molecule has 0 fully saturated rings. The van der Waals surface area contributed by atoms with Crippen LogP contribution in [0, 0.1) is 0 Å². The Morgan fingerprint density at radius 3 is 2.20 bits per heavy atom. The molecule has 0 bridgehead atoms. The van der Waals surface area contributed by atoms with Crippen molar-refractivity contribution in [3.8, 4) is 0 Å². The molecule has 0 unspecified atom stereocenters. The maximum absolute atomic E-state index is 10.9. The lowest BCUT2D eigenvalue weighted by atomic mass is 10.1. The molecular weight excluding hydrogens is 324 g/mol. The Labute approximate surface area is 145 Å². The third kappa shape index (κ3) is 5.88. The van der Waals surface area contributed by atoms with Gasteiger partial charge in [0, 0.05) is 19.1 Å². The molecule has 2 rings (SSSR count). The number of nitrogens with zero attached hydrogens (tertiary/aromatic N) is 3. The molecule has 9 heteroatoms. The molecule has 1 aromatic carbocycles. The van der Waals surface area contributed by atoms with Gasteiger partial charge in [-0.3, -0.25) is 0 Å². The maximum Gasteiger partial charge on any atom is 0.335 e. The van der Waals surface area contributed by atoms with Crippen LogP contribution in [0.1, 0.15) is 29.8 Å². The fourth-order valence-electron chi connectivity index (χ4n) is 1.97. The quantitative estimate of drug-likeness (QED) is 0.457. The van der Waals surface area contributed by atoms with E-state index in [1.807, 2.05) is 13.8 Å². The van der Waals surface area contributed by atoms with Crippen molar-refractivity contribution in [3.63, 3.8) is 0 Å². The summed E-state index contributed by atoms with van der Waals surface area (Å²) >= 11 is 0. The third-order valence-corrected chi connectivity index (χ3v) is 3.10. The first-order chi connectivity index (χ1) is 12.0. The number of hydrogen-bond acceptors (Lipinski definition) is 8. The van der Waals surface area contributed by atoms with Gasteiger partial charge in [-0.2, -0.15) is 15.0 Å². The van der Waals surface area contributed by atoms with Crippen molar-refractivity contribution >= 4 is 23.8 Å². The van der Waals surface area contributed by atoms with Crippen molar-refractivity contribution in [1.82, 2.24) is 15.0 Å². The van der Waals surface area contributed by atoms with Gasteiger partial charge < -0.3 is 26.2 Å². The van der Waals surface area contributed by atoms with E-state index >= 15 is 0 Å². The summed E-state index contributed by atoms with van der Waals surface area (Å²) in [5, 5.41) is 26.9. The smallest absolute Gasteiger partial charge is 0.335 e. The molecule has 9 nitrogen and oxygen atoms in total. The van der Waals surface area contributed by atoms with Gasteiger partial charge in [-0.15, -0.1) is 0 Å². The number of rotatable bonds is 9. The Hall–Kier alpha value is -2.94. The number of hydrogen-bond donors (Lipinski definition) is 5. The van der Waals surface area contributed by atoms with E-state index in [1.165, 1.54) is 0 Å². The van der Waals surface area contributed by atoms with Crippen LogP contribution in [0.15, 0.2) is 24.3 Å². The predicted molar refractivity (Wildman–Crippen MR) is 94.9 cm³/mol. The van der Waals surface area contributed by atoms with Crippen LogP contribution in [0.25, 0.3) is 0 Å². The molecule has 25 heavy (non-hydrogen) atoms. The number of aliphatic hydroxyl groups excluding tert-OH is 1. The number of carbonyl (C=O) groups is 1. The van der Waals surface area contributed by atoms with Crippen molar-refractivity contribution in [1.29, 1.82) is 0 Å². The van der Waals surface area contributed by atoms with Gasteiger partial charge in [0.2, 0.25) is 17.8 Å². The second-order valence-corrected chi connectivity index (χ2v) is 5.61. The molecule has 5 N–H and O–H groups in total. The van der Waals surface area contributed by atoms with Crippen LogP contribution in [0.2, 0.25) is 0 Å². The molecule has 0 atom stereocenters. The molecule has 0 radical (unpaired) electrons. The zero-order valence-electron chi connectivity index (χ0n) is 14.2. The zero-order chi connectivity index (χ0) is 18.2. The standard InChI is InChI=1S/C16H22N6O3/c1-10(2)19-16-21-14(17-7-8-23)20-15(22-16)18-9-11-3-5-12(6-4-11)13(24)25/h3-6,10,23H,7-9H2,1-2H3,(H,24,25)(H3,17,18,19,20,21,22). The van der Waals surface area contributed by atoms with Crippen LogP contribution < -0.4 is 16.0 Å². The second kappa shape index (κ2) is 8.78. The highest BCUT2D eigenvalue weighted by molar-refractivity contribution is 5.87. The second-order valence-electron chi connectivity index (χ2n) is 5.61.